The molecule has 0 atom stereocenters. The summed E-state index contributed by atoms with van der Waals surface area (Å²) in [4.78, 5) is 21.2. The van der Waals surface area contributed by atoms with E-state index < -0.39 is 0 Å². The van der Waals surface area contributed by atoms with E-state index in [1.807, 2.05) is 53.8 Å². The number of pyridine rings is 2. The van der Waals surface area contributed by atoms with Crippen LogP contribution in [0.1, 0.15) is 28.9 Å². The van der Waals surface area contributed by atoms with Gasteiger partial charge in [-0.25, -0.2) is 4.98 Å². The molecule has 1 aromatic carbocycles. The van der Waals surface area contributed by atoms with Gasteiger partial charge in [-0.1, -0.05) is 18.2 Å². The zero-order valence-electron chi connectivity index (χ0n) is 19.1. The fourth-order valence-electron chi connectivity index (χ4n) is 4.47. The highest BCUT2D eigenvalue weighted by molar-refractivity contribution is 5.85. The molecular weight excluding hydrogens is 428 g/mol. The van der Waals surface area contributed by atoms with Gasteiger partial charge in [0.25, 0.3) is 0 Å². The van der Waals surface area contributed by atoms with Crippen molar-refractivity contribution in [2.75, 3.05) is 7.11 Å². The second-order valence-corrected chi connectivity index (χ2v) is 8.75. The minimum Gasteiger partial charge on any atom is -0.482 e. The van der Waals surface area contributed by atoms with Crippen molar-refractivity contribution in [2.45, 2.75) is 26.3 Å². The molecule has 0 amide bonds. The normalized spacial score (nSPS) is 13.5. The van der Waals surface area contributed by atoms with Crippen molar-refractivity contribution < 1.29 is 14.3 Å². The van der Waals surface area contributed by atoms with Crippen LogP contribution >= 0.6 is 0 Å². The number of rotatable bonds is 7. The minimum atomic E-state index is 0.531. The smallest absolute Gasteiger partial charge is 0.221 e. The van der Waals surface area contributed by atoms with Gasteiger partial charge in [0.15, 0.2) is 5.88 Å². The van der Waals surface area contributed by atoms with Crippen molar-refractivity contribution in [3.8, 4) is 28.9 Å². The number of imidazole rings is 1. The van der Waals surface area contributed by atoms with E-state index in [0.29, 0.717) is 28.9 Å². The molecule has 1 aliphatic rings. The van der Waals surface area contributed by atoms with Crippen LogP contribution in [0.2, 0.25) is 0 Å². The third-order valence-electron chi connectivity index (χ3n) is 6.35. The number of methoxy groups -OCH3 is 1. The number of aryl methyl sites for hydroxylation is 1. The van der Waals surface area contributed by atoms with Gasteiger partial charge in [-0.2, -0.15) is 4.98 Å². The summed E-state index contributed by atoms with van der Waals surface area (Å²) in [6, 6.07) is 19.3. The van der Waals surface area contributed by atoms with Crippen LogP contribution in [0, 0.1) is 12.8 Å². The molecule has 0 N–H and O–H groups in total. The van der Waals surface area contributed by atoms with Crippen molar-refractivity contribution in [2.24, 2.45) is 5.92 Å². The molecule has 1 saturated carbocycles. The Morgan fingerprint density at radius 1 is 1.06 bits per heavy atom. The number of hydrogen-bond donors (Lipinski definition) is 0. The Morgan fingerprint density at radius 3 is 2.62 bits per heavy atom. The molecule has 0 aliphatic heterocycles. The lowest BCUT2D eigenvalue weighted by Gasteiger charge is -2.10. The predicted octanol–water partition coefficient (Wildman–Crippen LogP) is 5.68. The van der Waals surface area contributed by atoms with E-state index >= 15 is 0 Å². The summed E-state index contributed by atoms with van der Waals surface area (Å²) in [6.45, 7) is 2.90. The Bertz CT molecular complexity index is 1530. The SMILES string of the molecule is COc1cc(C=O)cc2nc(-c3cc4ccc(Oc5ccccc5)nc4n3CC3CC3)c(C)n12. The predicted molar refractivity (Wildman–Crippen MR) is 130 cm³/mol. The van der Waals surface area contributed by atoms with Crippen LogP contribution in [-0.4, -0.2) is 32.3 Å². The average Bonchev–Trinajstić information content (AvgIpc) is 3.54. The van der Waals surface area contributed by atoms with Crippen molar-refractivity contribution in [3.05, 3.63) is 71.9 Å². The highest BCUT2D eigenvalue weighted by atomic mass is 16.5. The van der Waals surface area contributed by atoms with Gasteiger partial charge in [-0.3, -0.25) is 9.20 Å². The number of nitrogens with zero attached hydrogens (tertiary/aromatic N) is 4. The fourth-order valence-corrected chi connectivity index (χ4v) is 4.47. The van der Waals surface area contributed by atoms with E-state index in [4.69, 9.17) is 19.4 Å². The van der Waals surface area contributed by atoms with E-state index in [-0.39, 0.29) is 0 Å². The molecular formula is C27H24N4O3. The second kappa shape index (κ2) is 8.02. The van der Waals surface area contributed by atoms with E-state index in [1.165, 1.54) is 12.8 Å². The van der Waals surface area contributed by atoms with Crippen molar-refractivity contribution in [1.82, 2.24) is 18.9 Å². The molecule has 4 heterocycles. The topological polar surface area (TPSA) is 70.7 Å². The Kier molecular flexibility index (Phi) is 4.83. The largest absolute Gasteiger partial charge is 0.482 e. The molecule has 0 saturated heterocycles. The quantitative estimate of drug-likeness (QED) is 0.297. The third kappa shape index (κ3) is 3.50. The van der Waals surface area contributed by atoms with E-state index in [9.17, 15) is 4.79 Å². The minimum absolute atomic E-state index is 0.531. The van der Waals surface area contributed by atoms with Crippen LogP contribution in [0.25, 0.3) is 28.1 Å². The summed E-state index contributed by atoms with van der Waals surface area (Å²) in [5, 5.41) is 1.04. The molecule has 5 aromatic rings. The summed E-state index contributed by atoms with van der Waals surface area (Å²) in [7, 11) is 1.60. The number of aldehydes is 1. The molecule has 0 spiro atoms. The Labute approximate surface area is 196 Å². The van der Waals surface area contributed by atoms with E-state index in [1.54, 1.807) is 19.2 Å². The van der Waals surface area contributed by atoms with Crippen LogP contribution in [0.5, 0.6) is 17.5 Å². The number of fused-ring (bicyclic) bond motifs is 2. The van der Waals surface area contributed by atoms with Crippen LogP contribution in [-0.2, 0) is 6.54 Å². The number of hydrogen-bond acceptors (Lipinski definition) is 5. The highest BCUT2D eigenvalue weighted by Crippen LogP contribution is 2.37. The molecule has 6 rings (SSSR count). The maximum Gasteiger partial charge on any atom is 0.221 e. The Morgan fingerprint density at radius 2 is 1.88 bits per heavy atom. The first-order valence-electron chi connectivity index (χ1n) is 11.4. The second-order valence-electron chi connectivity index (χ2n) is 8.75. The lowest BCUT2D eigenvalue weighted by Crippen LogP contribution is -2.04. The number of carbonyl (C=O) groups excluding carboxylic acids is 1. The van der Waals surface area contributed by atoms with Crippen LogP contribution < -0.4 is 9.47 Å². The van der Waals surface area contributed by atoms with Gasteiger partial charge in [-0.15, -0.1) is 0 Å². The molecule has 0 radical (unpaired) electrons. The first kappa shape index (κ1) is 20.5. The van der Waals surface area contributed by atoms with Gasteiger partial charge in [0.1, 0.15) is 29.0 Å². The van der Waals surface area contributed by atoms with Crippen LogP contribution in [0.3, 0.4) is 0 Å². The standard InChI is InChI=1S/C27H24N4O3/c1-17-26(28-23-12-19(16-32)13-25(33-2)31(17)23)22-14-20-10-11-24(34-21-6-4-3-5-7-21)29-27(20)30(22)15-18-8-9-18/h3-7,10-14,16,18H,8-9,15H2,1-2H3. The monoisotopic (exact) mass is 452 g/mol. The molecule has 7 nitrogen and oxygen atoms in total. The first-order valence-corrected chi connectivity index (χ1v) is 11.4. The Hall–Kier alpha value is -4.13. The van der Waals surface area contributed by atoms with Crippen LogP contribution in [0.15, 0.2) is 60.7 Å². The lowest BCUT2D eigenvalue weighted by molar-refractivity contribution is 0.112. The van der Waals surface area contributed by atoms with Crippen molar-refractivity contribution in [3.63, 3.8) is 0 Å². The maximum absolute atomic E-state index is 11.4. The summed E-state index contributed by atoms with van der Waals surface area (Å²) in [6.07, 6.45) is 3.26. The molecule has 7 heteroatoms. The van der Waals surface area contributed by atoms with Crippen molar-refractivity contribution in [1.29, 1.82) is 0 Å². The summed E-state index contributed by atoms with van der Waals surface area (Å²) < 4.78 is 15.8. The molecule has 1 aliphatic carbocycles. The van der Waals surface area contributed by atoms with Gasteiger partial charge in [-0.05, 0) is 56.0 Å². The lowest BCUT2D eigenvalue weighted by atomic mass is 10.2. The molecule has 0 unspecified atom stereocenters. The zero-order chi connectivity index (χ0) is 23.2. The summed E-state index contributed by atoms with van der Waals surface area (Å²) in [5.41, 5.74) is 4.90. The Balaban J connectivity index is 1.52. The molecule has 170 valence electrons. The van der Waals surface area contributed by atoms with Gasteiger partial charge in [0, 0.05) is 29.6 Å². The number of benzene rings is 1. The number of aromatic nitrogens is 4. The molecule has 0 bridgehead atoms. The van der Waals surface area contributed by atoms with Crippen molar-refractivity contribution >= 4 is 23.0 Å². The van der Waals surface area contributed by atoms with E-state index in [0.717, 1.165) is 46.7 Å². The zero-order valence-corrected chi connectivity index (χ0v) is 19.1. The fraction of sp³-hybridized carbons (Fsp3) is 0.222. The van der Waals surface area contributed by atoms with Gasteiger partial charge in [0.05, 0.1) is 18.5 Å². The van der Waals surface area contributed by atoms with Gasteiger partial charge < -0.3 is 14.0 Å². The molecule has 1 fully saturated rings. The molecule has 34 heavy (non-hydrogen) atoms. The third-order valence-corrected chi connectivity index (χ3v) is 6.35. The van der Waals surface area contributed by atoms with Gasteiger partial charge in [0.2, 0.25) is 5.88 Å². The number of para-hydroxylation sites is 1. The first-order chi connectivity index (χ1) is 16.6. The number of ether oxygens (including phenoxy) is 2. The van der Waals surface area contributed by atoms with Gasteiger partial charge >= 0.3 is 0 Å². The maximum atomic E-state index is 11.4. The number of carbonyl (C=O) groups is 1. The van der Waals surface area contributed by atoms with Crippen LogP contribution in [0.4, 0.5) is 0 Å². The molecule has 4 aromatic heterocycles. The summed E-state index contributed by atoms with van der Waals surface area (Å²) in [5.74, 6) is 2.54. The summed E-state index contributed by atoms with van der Waals surface area (Å²) >= 11 is 0. The highest BCUT2D eigenvalue weighted by Gasteiger charge is 2.26. The average molecular weight is 453 g/mol. The van der Waals surface area contributed by atoms with E-state index in [2.05, 4.69) is 10.6 Å².